The second kappa shape index (κ2) is 2.84. The first kappa shape index (κ1) is 7.94. The van der Waals surface area contributed by atoms with Gasteiger partial charge in [-0.3, -0.25) is 0 Å². The number of aryl methyl sites for hydroxylation is 1. The van der Waals surface area contributed by atoms with Crippen molar-refractivity contribution in [1.82, 2.24) is 19.9 Å². The van der Waals surface area contributed by atoms with Gasteiger partial charge in [-0.25, -0.2) is 15.0 Å². The van der Waals surface area contributed by atoms with Gasteiger partial charge in [0.2, 0.25) is 0 Å². The first-order valence-corrected chi connectivity index (χ1v) is 2.98. The highest BCUT2D eigenvalue weighted by atomic mass is 35.5. The molecule has 0 aliphatic heterocycles. The van der Waals surface area contributed by atoms with Gasteiger partial charge >= 0.3 is 0 Å². The molecule has 0 unspecified atom stereocenters. The maximum Gasteiger partial charge on any atom is 0.180 e. The average molecular weight is 171 g/mol. The van der Waals surface area contributed by atoms with E-state index in [9.17, 15) is 0 Å². The highest BCUT2D eigenvalue weighted by molar-refractivity contribution is 5.85. The van der Waals surface area contributed by atoms with Crippen molar-refractivity contribution in [2.45, 2.75) is 6.92 Å². The number of nitrogens with one attached hydrogen (secondary N) is 1. The number of hydrogen-bond donors (Lipinski definition) is 1. The Hall–Kier alpha value is -1.16. The van der Waals surface area contributed by atoms with Crippen LogP contribution in [0.3, 0.4) is 0 Å². The van der Waals surface area contributed by atoms with Gasteiger partial charge in [-0.2, -0.15) is 0 Å². The van der Waals surface area contributed by atoms with Crippen LogP contribution in [0.5, 0.6) is 0 Å². The number of imidazole rings is 1. The number of fused-ring (bicyclic) bond motifs is 1. The second-order valence-corrected chi connectivity index (χ2v) is 2.06. The highest BCUT2D eigenvalue weighted by Gasteiger charge is 1.98. The number of rotatable bonds is 0. The molecule has 0 saturated carbocycles. The Kier molecular flexibility index (Phi) is 2.05. The number of hydrogen-bond acceptors (Lipinski definition) is 3. The van der Waals surface area contributed by atoms with Crippen LogP contribution < -0.4 is 0 Å². The number of halogens is 1. The summed E-state index contributed by atoms with van der Waals surface area (Å²) >= 11 is 0. The van der Waals surface area contributed by atoms with Crippen LogP contribution in [-0.4, -0.2) is 19.9 Å². The fourth-order valence-electron chi connectivity index (χ4n) is 0.886. The summed E-state index contributed by atoms with van der Waals surface area (Å²) in [5, 5.41) is 0. The number of aromatic nitrogens is 4. The molecule has 0 aliphatic rings. The molecule has 0 radical (unpaired) electrons. The van der Waals surface area contributed by atoms with E-state index in [0.29, 0.717) is 0 Å². The fraction of sp³-hybridized carbons (Fsp3) is 0.167. The Labute approximate surface area is 69.5 Å². The lowest BCUT2D eigenvalue weighted by atomic mass is 10.4. The van der Waals surface area contributed by atoms with Crippen molar-refractivity contribution in [2.24, 2.45) is 0 Å². The van der Waals surface area contributed by atoms with E-state index in [-0.39, 0.29) is 12.4 Å². The zero-order valence-electron chi connectivity index (χ0n) is 5.90. The zero-order valence-corrected chi connectivity index (χ0v) is 6.72. The monoisotopic (exact) mass is 170 g/mol. The highest BCUT2D eigenvalue weighted by Crippen LogP contribution is 2.06. The average Bonchev–Trinajstić information content (AvgIpc) is 2.36. The van der Waals surface area contributed by atoms with E-state index in [1.54, 1.807) is 6.33 Å². The number of aromatic amines is 1. The van der Waals surface area contributed by atoms with Crippen molar-refractivity contribution >= 4 is 23.6 Å². The smallest absolute Gasteiger partial charge is 0.180 e. The topological polar surface area (TPSA) is 54.5 Å². The van der Waals surface area contributed by atoms with Gasteiger partial charge in [0.05, 0.1) is 12.0 Å². The summed E-state index contributed by atoms with van der Waals surface area (Å²) in [5.41, 5.74) is 2.58. The van der Waals surface area contributed by atoms with Gasteiger partial charge in [0.15, 0.2) is 5.65 Å². The summed E-state index contributed by atoms with van der Waals surface area (Å²) in [6.07, 6.45) is 3.13. The molecule has 0 aliphatic carbocycles. The molecule has 0 bridgehead atoms. The molecule has 0 aromatic carbocycles. The molecule has 5 heteroatoms. The van der Waals surface area contributed by atoms with E-state index in [1.165, 1.54) is 6.33 Å². The normalized spacial score (nSPS) is 9.55. The van der Waals surface area contributed by atoms with Crippen LogP contribution in [0, 0.1) is 6.92 Å². The van der Waals surface area contributed by atoms with Crippen LogP contribution in [0.25, 0.3) is 11.2 Å². The first-order valence-electron chi connectivity index (χ1n) is 2.98. The third kappa shape index (κ3) is 1.17. The van der Waals surface area contributed by atoms with Crippen molar-refractivity contribution in [3.8, 4) is 0 Å². The molecule has 4 nitrogen and oxygen atoms in total. The summed E-state index contributed by atoms with van der Waals surface area (Å²) in [6, 6.07) is 0. The minimum atomic E-state index is 0. The van der Waals surface area contributed by atoms with Crippen molar-refractivity contribution in [3.63, 3.8) is 0 Å². The molecule has 1 N–H and O–H groups in total. The van der Waals surface area contributed by atoms with E-state index in [2.05, 4.69) is 19.9 Å². The standard InChI is InChI=1S/C6H6N4.ClH/c1-4-5-6(9-2-7-4)10-3-8-5;/h2-3H,1H3,(H,7,8,9,10);1H. The minimum absolute atomic E-state index is 0. The second-order valence-electron chi connectivity index (χ2n) is 2.06. The molecule has 2 rings (SSSR count). The number of nitrogens with zero attached hydrogens (tertiary/aromatic N) is 3. The lowest BCUT2D eigenvalue weighted by Crippen LogP contribution is -1.84. The van der Waals surface area contributed by atoms with Crippen LogP contribution in [-0.2, 0) is 0 Å². The van der Waals surface area contributed by atoms with Gasteiger partial charge in [0.25, 0.3) is 0 Å². The molecule has 2 aromatic rings. The molecule has 0 fully saturated rings. The Morgan fingerprint density at radius 2 is 2.09 bits per heavy atom. The van der Waals surface area contributed by atoms with Crippen molar-refractivity contribution < 1.29 is 0 Å². The molecule has 0 atom stereocenters. The van der Waals surface area contributed by atoms with Crippen molar-refractivity contribution in [3.05, 3.63) is 18.3 Å². The number of H-pyrrole nitrogens is 1. The predicted octanol–water partition coefficient (Wildman–Crippen LogP) is 1.08. The van der Waals surface area contributed by atoms with Crippen LogP contribution in [0.1, 0.15) is 5.69 Å². The minimum Gasteiger partial charge on any atom is -0.342 e. The maximum atomic E-state index is 4.00. The predicted molar refractivity (Wildman–Crippen MR) is 43.7 cm³/mol. The molecular weight excluding hydrogens is 164 g/mol. The van der Waals surface area contributed by atoms with Crippen molar-refractivity contribution in [2.75, 3.05) is 0 Å². The third-order valence-electron chi connectivity index (χ3n) is 1.41. The van der Waals surface area contributed by atoms with Crippen LogP contribution in [0.4, 0.5) is 0 Å². The maximum absolute atomic E-state index is 4.00. The van der Waals surface area contributed by atoms with E-state index < -0.39 is 0 Å². The lowest BCUT2D eigenvalue weighted by molar-refractivity contribution is 1.14. The first-order chi connectivity index (χ1) is 4.88. The van der Waals surface area contributed by atoms with Gasteiger partial charge in [0.1, 0.15) is 11.8 Å². The summed E-state index contributed by atoms with van der Waals surface area (Å²) < 4.78 is 0. The fourth-order valence-corrected chi connectivity index (χ4v) is 0.886. The molecule has 58 valence electrons. The molecule has 11 heavy (non-hydrogen) atoms. The van der Waals surface area contributed by atoms with Crippen LogP contribution in [0.2, 0.25) is 0 Å². The van der Waals surface area contributed by atoms with Gasteiger partial charge in [-0.05, 0) is 6.92 Å². The van der Waals surface area contributed by atoms with E-state index >= 15 is 0 Å². The summed E-state index contributed by atoms with van der Waals surface area (Å²) in [5.74, 6) is 0. The van der Waals surface area contributed by atoms with Crippen LogP contribution in [0.15, 0.2) is 12.7 Å². The summed E-state index contributed by atoms with van der Waals surface area (Å²) in [7, 11) is 0. The van der Waals surface area contributed by atoms with Gasteiger partial charge < -0.3 is 4.98 Å². The zero-order chi connectivity index (χ0) is 6.97. The largest absolute Gasteiger partial charge is 0.342 e. The summed E-state index contributed by atoms with van der Waals surface area (Å²) in [4.78, 5) is 14.9. The molecule has 2 heterocycles. The quantitative estimate of drug-likeness (QED) is 0.644. The molecule has 2 aromatic heterocycles. The Bertz CT molecular complexity index is 356. The van der Waals surface area contributed by atoms with Gasteiger partial charge in [-0.15, -0.1) is 12.4 Å². The van der Waals surface area contributed by atoms with E-state index in [1.807, 2.05) is 6.92 Å². The molecule has 0 spiro atoms. The third-order valence-corrected chi connectivity index (χ3v) is 1.41. The SMILES string of the molecule is Cc1ncnc2nc[nH]c12.Cl. The lowest BCUT2D eigenvalue weighted by Gasteiger charge is -1.89. The molecular formula is C6H7ClN4. The summed E-state index contributed by atoms with van der Waals surface area (Å²) in [6.45, 7) is 1.92. The van der Waals surface area contributed by atoms with Crippen LogP contribution >= 0.6 is 12.4 Å². The van der Waals surface area contributed by atoms with Gasteiger partial charge in [0, 0.05) is 0 Å². The Morgan fingerprint density at radius 1 is 1.27 bits per heavy atom. The molecule has 0 amide bonds. The van der Waals surface area contributed by atoms with Gasteiger partial charge in [-0.1, -0.05) is 0 Å². The van der Waals surface area contributed by atoms with Crippen molar-refractivity contribution in [1.29, 1.82) is 0 Å². The van der Waals surface area contributed by atoms with E-state index in [4.69, 9.17) is 0 Å². The Morgan fingerprint density at radius 3 is 2.82 bits per heavy atom. The Balaban J connectivity index is 0.000000605. The molecule has 0 saturated heterocycles. The van der Waals surface area contributed by atoms with E-state index in [0.717, 1.165) is 16.9 Å².